The first kappa shape index (κ1) is 16.5. The van der Waals surface area contributed by atoms with Gasteiger partial charge in [0.15, 0.2) is 0 Å². The molecule has 1 aromatic heterocycles. The molecular weight excluding hydrogens is 296 g/mol. The number of amides is 2. The summed E-state index contributed by atoms with van der Waals surface area (Å²) in [5.41, 5.74) is 1.46. The van der Waals surface area contributed by atoms with Crippen LogP contribution in [0.1, 0.15) is 11.1 Å². The highest BCUT2D eigenvalue weighted by atomic mass is 16.5. The zero-order valence-corrected chi connectivity index (χ0v) is 13.2. The van der Waals surface area contributed by atoms with Crippen LogP contribution in [0.15, 0.2) is 41.6 Å². The lowest BCUT2D eigenvalue weighted by atomic mass is 10.2. The van der Waals surface area contributed by atoms with Gasteiger partial charge in [-0.15, -0.1) is 0 Å². The fourth-order valence-corrected chi connectivity index (χ4v) is 2.00. The molecule has 0 aliphatic carbocycles. The van der Waals surface area contributed by atoms with Gasteiger partial charge in [-0.2, -0.15) is 0 Å². The Balaban J connectivity index is 1.74. The van der Waals surface area contributed by atoms with E-state index in [4.69, 9.17) is 4.74 Å². The summed E-state index contributed by atoms with van der Waals surface area (Å²) in [4.78, 5) is 27.5. The van der Waals surface area contributed by atoms with Crippen molar-refractivity contribution in [3.63, 3.8) is 0 Å². The fraction of sp³-hybridized carbons (Fsp3) is 0.312. The minimum absolute atomic E-state index is 0.0968. The van der Waals surface area contributed by atoms with Gasteiger partial charge < -0.3 is 15.4 Å². The summed E-state index contributed by atoms with van der Waals surface area (Å²) in [5.74, 6) is 0.774. The van der Waals surface area contributed by atoms with Gasteiger partial charge in [0.25, 0.3) is 5.56 Å². The lowest BCUT2D eigenvalue weighted by molar-refractivity contribution is 0.240. The molecule has 1 heterocycles. The molecule has 0 unspecified atom stereocenters. The fourth-order valence-electron chi connectivity index (χ4n) is 2.00. The Bertz CT molecular complexity index is 710. The van der Waals surface area contributed by atoms with Crippen LogP contribution in [0.4, 0.5) is 4.79 Å². The first-order valence-corrected chi connectivity index (χ1v) is 7.26. The minimum Gasteiger partial charge on any atom is -0.497 e. The Kier molecular flexibility index (Phi) is 5.74. The third kappa shape index (κ3) is 4.84. The molecule has 0 aliphatic rings. The van der Waals surface area contributed by atoms with Gasteiger partial charge >= 0.3 is 6.03 Å². The molecule has 122 valence electrons. The summed E-state index contributed by atoms with van der Waals surface area (Å²) < 4.78 is 6.55. The number of rotatable bonds is 6. The molecule has 2 amide bonds. The number of nitrogens with one attached hydrogen (secondary N) is 2. The summed E-state index contributed by atoms with van der Waals surface area (Å²) in [7, 11) is 1.61. The van der Waals surface area contributed by atoms with Crippen molar-refractivity contribution in [2.45, 2.75) is 20.0 Å². The molecule has 0 aliphatic heterocycles. The van der Waals surface area contributed by atoms with Gasteiger partial charge in [-0.1, -0.05) is 12.1 Å². The number of nitrogens with zero attached hydrogens (tertiary/aromatic N) is 2. The highest BCUT2D eigenvalue weighted by Crippen LogP contribution is 2.10. The quantitative estimate of drug-likeness (QED) is 0.834. The van der Waals surface area contributed by atoms with Crippen LogP contribution < -0.4 is 20.9 Å². The molecule has 2 aromatic rings. The largest absolute Gasteiger partial charge is 0.497 e. The molecule has 7 nitrogen and oxygen atoms in total. The zero-order chi connectivity index (χ0) is 16.7. The first-order chi connectivity index (χ1) is 11.1. The van der Waals surface area contributed by atoms with E-state index in [9.17, 15) is 9.59 Å². The van der Waals surface area contributed by atoms with E-state index < -0.39 is 0 Å². The Labute approximate surface area is 134 Å². The van der Waals surface area contributed by atoms with Crippen molar-refractivity contribution in [1.29, 1.82) is 0 Å². The zero-order valence-electron chi connectivity index (χ0n) is 13.2. The monoisotopic (exact) mass is 316 g/mol. The lowest BCUT2D eigenvalue weighted by Gasteiger charge is -2.09. The van der Waals surface area contributed by atoms with Crippen molar-refractivity contribution < 1.29 is 9.53 Å². The highest BCUT2D eigenvalue weighted by Gasteiger charge is 2.02. The molecule has 0 bridgehead atoms. The number of hydrogen-bond acceptors (Lipinski definition) is 4. The number of aryl methyl sites for hydroxylation is 1. The number of methoxy groups -OCH3 is 1. The molecule has 23 heavy (non-hydrogen) atoms. The molecule has 2 N–H and O–H groups in total. The van der Waals surface area contributed by atoms with Crippen LogP contribution >= 0.6 is 0 Å². The molecule has 7 heteroatoms. The van der Waals surface area contributed by atoms with E-state index in [0.717, 1.165) is 11.3 Å². The second-order valence-electron chi connectivity index (χ2n) is 5.03. The number of aromatic nitrogens is 2. The summed E-state index contributed by atoms with van der Waals surface area (Å²) in [5, 5.41) is 5.46. The number of benzene rings is 1. The van der Waals surface area contributed by atoms with E-state index in [1.165, 1.54) is 17.1 Å². The van der Waals surface area contributed by atoms with Crippen LogP contribution in [0.25, 0.3) is 0 Å². The van der Waals surface area contributed by atoms with Gasteiger partial charge in [-0.25, -0.2) is 9.78 Å². The van der Waals surface area contributed by atoms with Crippen LogP contribution in [0.5, 0.6) is 5.75 Å². The maximum atomic E-state index is 11.8. The molecule has 2 rings (SSSR count). The van der Waals surface area contributed by atoms with E-state index in [-0.39, 0.29) is 11.6 Å². The summed E-state index contributed by atoms with van der Waals surface area (Å²) in [6.07, 6.45) is 2.99. The molecule has 0 saturated heterocycles. The molecule has 0 saturated carbocycles. The molecule has 0 fully saturated rings. The first-order valence-electron chi connectivity index (χ1n) is 7.26. The van der Waals surface area contributed by atoms with Crippen molar-refractivity contribution in [1.82, 2.24) is 20.2 Å². The predicted molar refractivity (Wildman–Crippen MR) is 86.5 cm³/mol. The van der Waals surface area contributed by atoms with E-state index in [2.05, 4.69) is 15.6 Å². The lowest BCUT2D eigenvalue weighted by Crippen LogP contribution is -2.38. The number of carbonyl (C=O) groups is 1. The number of hydrogen-bond donors (Lipinski definition) is 2. The maximum Gasteiger partial charge on any atom is 0.315 e. The van der Waals surface area contributed by atoms with E-state index in [0.29, 0.717) is 25.2 Å². The normalized spacial score (nSPS) is 10.2. The molecule has 1 aromatic carbocycles. The van der Waals surface area contributed by atoms with Crippen molar-refractivity contribution in [2.75, 3.05) is 13.7 Å². The topological polar surface area (TPSA) is 85.2 Å². The van der Waals surface area contributed by atoms with Crippen molar-refractivity contribution in [2.24, 2.45) is 0 Å². The van der Waals surface area contributed by atoms with E-state index in [1.807, 2.05) is 24.3 Å². The Morgan fingerprint density at radius 2 is 2.00 bits per heavy atom. The average molecular weight is 316 g/mol. The highest BCUT2D eigenvalue weighted by molar-refractivity contribution is 5.73. The smallest absolute Gasteiger partial charge is 0.315 e. The van der Waals surface area contributed by atoms with E-state index in [1.54, 1.807) is 14.0 Å². The van der Waals surface area contributed by atoms with E-state index >= 15 is 0 Å². The van der Waals surface area contributed by atoms with Crippen LogP contribution in [0.2, 0.25) is 0 Å². The number of carbonyl (C=O) groups excluding carboxylic acids is 1. The van der Waals surface area contributed by atoms with Crippen LogP contribution in [-0.4, -0.2) is 29.2 Å². The SMILES string of the molecule is COc1ccc(CNC(=O)NCCn2cncc(C)c2=O)cc1. The summed E-state index contributed by atoms with van der Waals surface area (Å²) >= 11 is 0. The minimum atomic E-state index is -0.283. The Morgan fingerprint density at radius 1 is 1.26 bits per heavy atom. The van der Waals surface area contributed by atoms with Crippen LogP contribution in [0.3, 0.4) is 0 Å². The van der Waals surface area contributed by atoms with Gasteiger partial charge in [-0.3, -0.25) is 9.36 Å². The molecular formula is C16H20N4O3. The molecule has 0 spiro atoms. The Hall–Kier alpha value is -2.83. The second kappa shape index (κ2) is 7.98. The second-order valence-corrected chi connectivity index (χ2v) is 5.03. The number of urea groups is 1. The molecule has 0 radical (unpaired) electrons. The maximum absolute atomic E-state index is 11.8. The van der Waals surface area contributed by atoms with Crippen molar-refractivity contribution in [3.05, 3.63) is 58.3 Å². The van der Waals surface area contributed by atoms with Crippen molar-refractivity contribution in [3.8, 4) is 5.75 Å². The van der Waals surface area contributed by atoms with Gasteiger partial charge in [-0.05, 0) is 24.6 Å². The van der Waals surface area contributed by atoms with Gasteiger partial charge in [0.1, 0.15) is 5.75 Å². The average Bonchev–Trinajstić information content (AvgIpc) is 2.57. The van der Waals surface area contributed by atoms with Gasteiger partial charge in [0, 0.05) is 31.4 Å². The number of ether oxygens (including phenoxy) is 1. The van der Waals surface area contributed by atoms with Crippen LogP contribution in [0, 0.1) is 6.92 Å². The summed E-state index contributed by atoms with van der Waals surface area (Å²) in [6.45, 7) is 2.85. The Morgan fingerprint density at radius 3 is 2.70 bits per heavy atom. The molecule has 0 atom stereocenters. The standard InChI is InChI=1S/C16H20N4O3/c1-12-9-17-11-20(15(12)21)8-7-18-16(22)19-10-13-3-5-14(23-2)6-4-13/h3-6,9,11H,7-8,10H2,1-2H3,(H2,18,19,22). The van der Waals surface area contributed by atoms with Gasteiger partial charge in [0.2, 0.25) is 0 Å². The summed E-state index contributed by atoms with van der Waals surface area (Å²) in [6, 6.07) is 7.17. The third-order valence-electron chi connectivity index (χ3n) is 3.32. The predicted octanol–water partition coefficient (Wildman–Crippen LogP) is 1.06. The van der Waals surface area contributed by atoms with Gasteiger partial charge in [0.05, 0.1) is 13.4 Å². The van der Waals surface area contributed by atoms with Crippen LogP contribution in [-0.2, 0) is 13.1 Å². The third-order valence-corrected chi connectivity index (χ3v) is 3.32. The van der Waals surface area contributed by atoms with Crippen molar-refractivity contribution >= 4 is 6.03 Å².